The smallest absolute Gasteiger partial charge is 0.303 e. The van der Waals surface area contributed by atoms with Gasteiger partial charge in [0.2, 0.25) is 0 Å². The molecule has 5 saturated carbocycles. The van der Waals surface area contributed by atoms with Gasteiger partial charge in [0.1, 0.15) is 0 Å². The van der Waals surface area contributed by atoms with Gasteiger partial charge in [-0.2, -0.15) is 0 Å². The molecule has 0 amide bonds. The Bertz CT molecular complexity index is 685. The average Bonchev–Trinajstić information content (AvgIpc) is 3.10. The molecule has 26 heavy (non-hydrogen) atoms. The molecule has 0 aromatic carbocycles. The minimum atomic E-state index is -0.873. The molecule has 1 spiro atoms. The van der Waals surface area contributed by atoms with Crippen LogP contribution in [0.2, 0.25) is 0 Å². The van der Waals surface area contributed by atoms with E-state index in [2.05, 4.69) is 13.8 Å². The molecule has 0 bridgehead atoms. The van der Waals surface area contributed by atoms with Crippen molar-refractivity contribution < 1.29 is 14.3 Å². The molecule has 0 heterocycles. The maximum atomic E-state index is 12.7. The third-order valence-electron chi connectivity index (χ3n) is 10.6. The lowest BCUT2D eigenvalue weighted by atomic mass is 9.45. The van der Waals surface area contributed by atoms with E-state index >= 15 is 0 Å². The van der Waals surface area contributed by atoms with E-state index in [1.807, 2.05) is 0 Å². The number of fused-ring (bicyclic) bond motifs is 4. The van der Waals surface area contributed by atoms with Gasteiger partial charge in [-0.05, 0) is 99.2 Å². The first-order valence-corrected chi connectivity index (χ1v) is 10.9. The summed E-state index contributed by atoms with van der Waals surface area (Å²) in [6.07, 6.45) is 11.2. The molecule has 144 valence electrons. The number of Topliss-reactive ketones (excluding diaryl/α,β-unsaturated/α-hetero) is 1. The Hall–Kier alpha value is -0.860. The predicted molar refractivity (Wildman–Crippen MR) is 99.3 cm³/mol. The summed E-state index contributed by atoms with van der Waals surface area (Å²) in [4.78, 5) is 24.6. The van der Waals surface area contributed by atoms with Crippen LogP contribution in [-0.2, 0) is 14.3 Å². The second-order valence-electron chi connectivity index (χ2n) is 10.9. The highest BCUT2D eigenvalue weighted by molar-refractivity contribution is 5.89. The Kier molecular flexibility index (Phi) is 3.28. The molecule has 0 aromatic rings. The summed E-state index contributed by atoms with van der Waals surface area (Å²) in [6.45, 7) is 7.99. The Morgan fingerprint density at radius 1 is 0.846 bits per heavy atom. The molecular formula is C23H34O3. The Morgan fingerprint density at radius 3 is 2.15 bits per heavy atom. The van der Waals surface area contributed by atoms with E-state index in [1.54, 1.807) is 6.92 Å². The van der Waals surface area contributed by atoms with E-state index in [9.17, 15) is 9.59 Å². The molecule has 8 atom stereocenters. The van der Waals surface area contributed by atoms with E-state index in [-0.39, 0.29) is 17.2 Å². The van der Waals surface area contributed by atoms with Gasteiger partial charge < -0.3 is 4.74 Å². The van der Waals surface area contributed by atoms with E-state index in [0.717, 1.165) is 37.0 Å². The lowest BCUT2D eigenvalue weighted by Gasteiger charge is -2.59. The maximum Gasteiger partial charge on any atom is 0.303 e. The summed E-state index contributed by atoms with van der Waals surface area (Å²) in [5.41, 5.74) is 0.162. The normalized spacial score (nSPS) is 56.8. The van der Waals surface area contributed by atoms with Crippen LogP contribution in [0.5, 0.6) is 0 Å². The Labute approximate surface area is 157 Å². The summed E-state index contributed by atoms with van der Waals surface area (Å²) in [7, 11) is 0. The highest BCUT2D eigenvalue weighted by atomic mass is 16.6. The van der Waals surface area contributed by atoms with Crippen LogP contribution in [0.4, 0.5) is 0 Å². The van der Waals surface area contributed by atoms with E-state index in [1.165, 1.54) is 45.4 Å². The molecule has 0 aromatic heterocycles. The van der Waals surface area contributed by atoms with Crippen LogP contribution in [0.1, 0.15) is 85.5 Å². The van der Waals surface area contributed by atoms with Gasteiger partial charge in [-0.25, -0.2) is 0 Å². The van der Waals surface area contributed by atoms with Gasteiger partial charge in [0, 0.05) is 12.3 Å². The average molecular weight is 359 g/mol. The first-order chi connectivity index (χ1) is 12.2. The number of hydrogen-bond acceptors (Lipinski definition) is 3. The van der Waals surface area contributed by atoms with Crippen molar-refractivity contribution in [2.45, 2.75) is 91.1 Å². The molecule has 5 fully saturated rings. The van der Waals surface area contributed by atoms with Gasteiger partial charge >= 0.3 is 5.97 Å². The van der Waals surface area contributed by atoms with Crippen molar-refractivity contribution in [1.82, 2.24) is 0 Å². The number of rotatable bonds is 2. The Balaban J connectivity index is 1.51. The van der Waals surface area contributed by atoms with Gasteiger partial charge in [-0.3, -0.25) is 9.59 Å². The zero-order valence-electron chi connectivity index (χ0n) is 16.9. The molecule has 5 aliphatic rings. The van der Waals surface area contributed by atoms with Crippen molar-refractivity contribution in [3.63, 3.8) is 0 Å². The van der Waals surface area contributed by atoms with Crippen LogP contribution < -0.4 is 0 Å². The molecule has 0 aliphatic heterocycles. The second kappa shape index (κ2) is 4.94. The monoisotopic (exact) mass is 358 g/mol. The van der Waals surface area contributed by atoms with Crippen LogP contribution in [0, 0.1) is 39.9 Å². The maximum absolute atomic E-state index is 12.7. The first-order valence-electron chi connectivity index (χ1n) is 10.9. The highest BCUT2D eigenvalue weighted by Crippen LogP contribution is 2.82. The number of carbonyl (C=O) groups excluding carboxylic acids is 2. The Morgan fingerprint density at radius 2 is 1.50 bits per heavy atom. The molecule has 0 radical (unpaired) electrons. The molecule has 3 nitrogen and oxygen atoms in total. The fourth-order valence-electron chi connectivity index (χ4n) is 9.29. The minimum absolute atomic E-state index is 0.0674. The topological polar surface area (TPSA) is 43.4 Å². The number of ketones is 1. The van der Waals surface area contributed by atoms with Crippen molar-refractivity contribution in [2.24, 2.45) is 39.9 Å². The standard InChI is InChI=1S/C23H34O3/c1-14(24)23(26-15(2)25)12-8-19-17-6-11-22-13-16(22)5-9-20(22,3)18(17)7-10-21(19,23)4/h16-19H,5-13H2,1-4H3/t16-,17-,18+,19-,20-,21+,22+,23+/m1/s1. The molecule has 3 heteroatoms. The predicted octanol–water partition coefficient (Wildman–Crippen LogP) is 4.92. The van der Waals surface area contributed by atoms with E-state index < -0.39 is 5.60 Å². The fraction of sp³-hybridized carbons (Fsp3) is 0.913. The number of esters is 1. The van der Waals surface area contributed by atoms with Crippen LogP contribution in [0.15, 0.2) is 0 Å². The van der Waals surface area contributed by atoms with Gasteiger partial charge in [0.15, 0.2) is 11.4 Å². The van der Waals surface area contributed by atoms with Crippen molar-refractivity contribution in [2.75, 3.05) is 0 Å². The second-order valence-corrected chi connectivity index (χ2v) is 10.9. The fourth-order valence-corrected chi connectivity index (χ4v) is 9.29. The zero-order valence-corrected chi connectivity index (χ0v) is 16.9. The van der Waals surface area contributed by atoms with Crippen molar-refractivity contribution in [1.29, 1.82) is 0 Å². The molecule has 5 aliphatic carbocycles. The zero-order chi connectivity index (χ0) is 18.5. The van der Waals surface area contributed by atoms with Crippen LogP contribution >= 0.6 is 0 Å². The quantitative estimate of drug-likeness (QED) is 0.658. The van der Waals surface area contributed by atoms with Crippen molar-refractivity contribution in [3.05, 3.63) is 0 Å². The van der Waals surface area contributed by atoms with E-state index in [0.29, 0.717) is 16.7 Å². The molecule has 5 rings (SSSR count). The lowest BCUT2D eigenvalue weighted by molar-refractivity contribution is -0.190. The van der Waals surface area contributed by atoms with Crippen LogP contribution in [0.3, 0.4) is 0 Å². The molecular weight excluding hydrogens is 324 g/mol. The van der Waals surface area contributed by atoms with E-state index in [4.69, 9.17) is 4.74 Å². The summed E-state index contributed by atoms with van der Waals surface area (Å²) in [5.74, 6) is 2.87. The summed E-state index contributed by atoms with van der Waals surface area (Å²) >= 11 is 0. The molecule has 0 N–H and O–H groups in total. The van der Waals surface area contributed by atoms with Crippen molar-refractivity contribution >= 4 is 11.8 Å². The largest absolute Gasteiger partial charge is 0.451 e. The number of carbonyl (C=O) groups is 2. The molecule has 0 saturated heterocycles. The van der Waals surface area contributed by atoms with Gasteiger partial charge in [0.05, 0.1) is 0 Å². The van der Waals surface area contributed by atoms with Gasteiger partial charge in [0.25, 0.3) is 0 Å². The van der Waals surface area contributed by atoms with Gasteiger partial charge in [-0.15, -0.1) is 0 Å². The SMILES string of the molecule is CC(=O)O[C@]1(C(C)=O)CC[C@@H]2[C@@H]3CC[C@]45C[C@H]4CC[C@]5(C)[C@H]3CC[C@@]21C. The third-order valence-corrected chi connectivity index (χ3v) is 10.6. The van der Waals surface area contributed by atoms with Gasteiger partial charge in [-0.1, -0.05) is 13.8 Å². The van der Waals surface area contributed by atoms with Crippen LogP contribution in [-0.4, -0.2) is 17.4 Å². The number of ether oxygens (including phenoxy) is 1. The lowest BCUT2D eigenvalue weighted by Crippen LogP contribution is -2.59. The minimum Gasteiger partial charge on any atom is -0.451 e. The highest BCUT2D eigenvalue weighted by Gasteiger charge is 2.75. The summed E-state index contributed by atoms with van der Waals surface area (Å²) in [5, 5.41) is 0. The van der Waals surface area contributed by atoms with Crippen molar-refractivity contribution in [3.8, 4) is 0 Å². The van der Waals surface area contributed by atoms with Crippen LogP contribution in [0.25, 0.3) is 0 Å². The summed E-state index contributed by atoms with van der Waals surface area (Å²) < 4.78 is 5.86. The summed E-state index contributed by atoms with van der Waals surface area (Å²) in [6, 6.07) is 0. The molecule has 0 unspecified atom stereocenters. The first kappa shape index (κ1) is 17.3. The number of hydrogen-bond donors (Lipinski definition) is 0. The third kappa shape index (κ3) is 1.72.